The summed E-state index contributed by atoms with van der Waals surface area (Å²) < 4.78 is 13.0. The Kier molecular flexibility index (Phi) is 8.17. The van der Waals surface area contributed by atoms with Gasteiger partial charge in [-0.15, -0.1) is 0 Å². The molecule has 0 bridgehead atoms. The van der Waals surface area contributed by atoms with Gasteiger partial charge in [0.2, 0.25) is 5.91 Å². The molecule has 1 heterocycles. The largest absolute Gasteiger partial charge is 0.492 e. The van der Waals surface area contributed by atoms with Gasteiger partial charge in [0.1, 0.15) is 22.2 Å². The number of carbonyl (C=O) groups is 2. The summed E-state index contributed by atoms with van der Waals surface area (Å²) in [5.41, 5.74) is 2.33. The van der Waals surface area contributed by atoms with Crippen LogP contribution in [0.15, 0.2) is 42.5 Å². The molecule has 0 aliphatic heterocycles. The van der Waals surface area contributed by atoms with Crippen molar-refractivity contribution in [2.24, 2.45) is 5.92 Å². The monoisotopic (exact) mass is 484 g/mol. The second kappa shape index (κ2) is 11.1. The first-order valence-corrected chi connectivity index (χ1v) is 11.5. The maximum atomic E-state index is 13.3. The Morgan fingerprint density at radius 2 is 1.56 bits per heavy atom. The smallest absolute Gasteiger partial charge is 0.260 e. The summed E-state index contributed by atoms with van der Waals surface area (Å²) >= 11 is 6.56. The molecule has 0 radical (unpaired) electrons. The molecule has 2 N–H and O–H groups in total. The van der Waals surface area contributed by atoms with Crippen molar-refractivity contribution in [2.75, 3.05) is 23.8 Å². The van der Waals surface area contributed by atoms with E-state index >= 15 is 0 Å². The van der Waals surface area contributed by atoms with Crippen molar-refractivity contribution in [1.29, 1.82) is 0 Å². The van der Waals surface area contributed by atoms with E-state index in [0.29, 0.717) is 41.8 Å². The summed E-state index contributed by atoms with van der Waals surface area (Å²) in [5.74, 6) is -0.000671. The van der Waals surface area contributed by atoms with E-state index in [1.165, 1.54) is 4.68 Å². The lowest BCUT2D eigenvalue weighted by atomic mass is 10.1. The number of rotatable bonds is 9. The molecule has 8 nitrogen and oxygen atoms in total. The molecule has 0 atom stereocenters. The van der Waals surface area contributed by atoms with Crippen molar-refractivity contribution in [1.82, 2.24) is 9.78 Å². The third kappa shape index (κ3) is 5.51. The van der Waals surface area contributed by atoms with Crippen LogP contribution >= 0.6 is 11.6 Å². The lowest BCUT2D eigenvalue weighted by Gasteiger charge is -2.18. The van der Waals surface area contributed by atoms with Gasteiger partial charge in [0, 0.05) is 18.1 Å². The zero-order valence-electron chi connectivity index (χ0n) is 19.9. The standard InChI is InChI=1S/C25H29ClN4O4/c1-6-33-20-14-19(21(34-7-2)13-18(20)27-24(31)15(3)4)28-25(32)22-16(5)29-30(23(22)26)17-11-9-8-10-12-17/h8-15H,6-7H2,1-5H3,(H,27,31)(H,28,32). The molecule has 0 aliphatic rings. The van der Waals surface area contributed by atoms with Gasteiger partial charge in [-0.25, -0.2) is 4.68 Å². The van der Waals surface area contributed by atoms with Crippen LogP contribution in [0.4, 0.5) is 11.4 Å². The number of benzene rings is 2. The Labute approximate surface area is 204 Å². The highest BCUT2D eigenvalue weighted by Gasteiger charge is 2.23. The summed E-state index contributed by atoms with van der Waals surface area (Å²) in [6.07, 6.45) is 0. The van der Waals surface area contributed by atoms with Crippen molar-refractivity contribution in [3.05, 3.63) is 58.9 Å². The summed E-state index contributed by atoms with van der Waals surface area (Å²) in [5, 5.41) is 10.4. The summed E-state index contributed by atoms with van der Waals surface area (Å²) in [7, 11) is 0. The number of nitrogens with zero attached hydrogens (tertiary/aromatic N) is 2. The molecule has 0 aliphatic carbocycles. The van der Waals surface area contributed by atoms with E-state index in [9.17, 15) is 9.59 Å². The lowest BCUT2D eigenvalue weighted by molar-refractivity contribution is -0.118. The zero-order valence-corrected chi connectivity index (χ0v) is 20.7. The maximum absolute atomic E-state index is 13.3. The van der Waals surface area contributed by atoms with Crippen LogP contribution in [0.3, 0.4) is 0 Å². The van der Waals surface area contributed by atoms with E-state index in [2.05, 4.69) is 15.7 Å². The van der Waals surface area contributed by atoms with Crippen LogP contribution in [0.25, 0.3) is 5.69 Å². The number of hydrogen-bond donors (Lipinski definition) is 2. The molecule has 3 aromatic rings. The Bertz CT molecular complexity index is 1180. The van der Waals surface area contributed by atoms with Gasteiger partial charge < -0.3 is 20.1 Å². The number of nitrogens with one attached hydrogen (secondary N) is 2. The van der Waals surface area contributed by atoms with Gasteiger partial charge in [-0.05, 0) is 32.9 Å². The van der Waals surface area contributed by atoms with Crippen LogP contribution in [0.2, 0.25) is 5.15 Å². The molecule has 3 rings (SSSR count). The first-order chi connectivity index (χ1) is 16.3. The van der Waals surface area contributed by atoms with Gasteiger partial charge in [0.25, 0.3) is 5.91 Å². The lowest BCUT2D eigenvalue weighted by Crippen LogP contribution is -2.19. The van der Waals surface area contributed by atoms with Crippen LogP contribution in [0, 0.1) is 12.8 Å². The van der Waals surface area contributed by atoms with Crippen LogP contribution in [-0.4, -0.2) is 34.8 Å². The quantitative estimate of drug-likeness (QED) is 0.419. The molecular formula is C25H29ClN4O4. The topological polar surface area (TPSA) is 94.5 Å². The molecule has 9 heteroatoms. The molecule has 0 unspecified atom stereocenters. The number of anilines is 2. The molecule has 1 aromatic heterocycles. The fraction of sp³-hybridized carbons (Fsp3) is 0.320. The van der Waals surface area contributed by atoms with Crippen molar-refractivity contribution >= 4 is 34.8 Å². The van der Waals surface area contributed by atoms with Crippen LogP contribution in [0.1, 0.15) is 43.7 Å². The predicted molar refractivity (Wildman–Crippen MR) is 134 cm³/mol. The van der Waals surface area contributed by atoms with Gasteiger partial charge in [-0.2, -0.15) is 5.10 Å². The molecule has 0 saturated carbocycles. The highest BCUT2D eigenvalue weighted by molar-refractivity contribution is 6.34. The predicted octanol–water partition coefficient (Wildman–Crippen LogP) is 5.48. The number of para-hydroxylation sites is 1. The number of ether oxygens (including phenoxy) is 2. The molecule has 0 spiro atoms. The number of carbonyl (C=O) groups excluding carboxylic acids is 2. The van der Waals surface area contributed by atoms with E-state index in [1.807, 2.05) is 44.2 Å². The Morgan fingerprint density at radius 3 is 2.09 bits per heavy atom. The van der Waals surface area contributed by atoms with Crippen molar-refractivity contribution < 1.29 is 19.1 Å². The van der Waals surface area contributed by atoms with E-state index in [0.717, 1.165) is 5.69 Å². The third-order valence-corrected chi connectivity index (χ3v) is 5.29. The minimum Gasteiger partial charge on any atom is -0.492 e. The molecular weight excluding hydrogens is 456 g/mol. The Balaban J connectivity index is 1.98. The number of halogens is 1. The summed E-state index contributed by atoms with van der Waals surface area (Å²) in [6, 6.07) is 12.6. The van der Waals surface area contributed by atoms with E-state index in [1.54, 1.807) is 32.9 Å². The fourth-order valence-corrected chi connectivity index (χ4v) is 3.62. The van der Waals surface area contributed by atoms with Crippen LogP contribution in [-0.2, 0) is 4.79 Å². The summed E-state index contributed by atoms with van der Waals surface area (Å²) in [6.45, 7) is 9.73. The van der Waals surface area contributed by atoms with Gasteiger partial charge in [0.15, 0.2) is 0 Å². The first-order valence-electron chi connectivity index (χ1n) is 11.1. The third-order valence-electron chi connectivity index (χ3n) is 4.94. The van der Waals surface area contributed by atoms with Gasteiger partial charge in [-0.1, -0.05) is 43.6 Å². The fourth-order valence-electron chi connectivity index (χ4n) is 3.26. The van der Waals surface area contributed by atoms with Crippen molar-refractivity contribution in [2.45, 2.75) is 34.6 Å². The second-order valence-electron chi connectivity index (χ2n) is 7.81. The maximum Gasteiger partial charge on any atom is 0.260 e. The highest BCUT2D eigenvalue weighted by Crippen LogP contribution is 2.38. The Hall–Kier alpha value is -3.52. The zero-order chi connectivity index (χ0) is 24.8. The molecule has 2 aromatic carbocycles. The summed E-state index contributed by atoms with van der Waals surface area (Å²) in [4.78, 5) is 25.5. The van der Waals surface area contributed by atoms with Crippen molar-refractivity contribution in [3.8, 4) is 17.2 Å². The van der Waals surface area contributed by atoms with E-state index < -0.39 is 5.91 Å². The number of aryl methyl sites for hydroxylation is 1. The van der Waals surface area contributed by atoms with E-state index in [4.69, 9.17) is 21.1 Å². The SMILES string of the molecule is CCOc1cc(NC(=O)C(C)C)c(OCC)cc1NC(=O)c1c(C)nn(-c2ccccc2)c1Cl. The first kappa shape index (κ1) is 25.1. The molecule has 2 amide bonds. The van der Waals surface area contributed by atoms with E-state index in [-0.39, 0.29) is 22.5 Å². The van der Waals surface area contributed by atoms with Crippen LogP contribution < -0.4 is 20.1 Å². The van der Waals surface area contributed by atoms with Crippen LogP contribution in [0.5, 0.6) is 11.5 Å². The average Bonchev–Trinajstić information content (AvgIpc) is 3.11. The van der Waals surface area contributed by atoms with Gasteiger partial charge in [-0.3, -0.25) is 9.59 Å². The molecule has 180 valence electrons. The molecule has 0 saturated heterocycles. The molecule has 0 fully saturated rings. The highest BCUT2D eigenvalue weighted by atomic mass is 35.5. The number of hydrogen-bond acceptors (Lipinski definition) is 5. The second-order valence-corrected chi connectivity index (χ2v) is 8.17. The van der Waals surface area contributed by atoms with Gasteiger partial charge in [0.05, 0.1) is 36.0 Å². The number of amides is 2. The minimum atomic E-state index is -0.438. The average molecular weight is 485 g/mol. The normalized spacial score (nSPS) is 10.8. The van der Waals surface area contributed by atoms with Gasteiger partial charge >= 0.3 is 0 Å². The minimum absolute atomic E-state index is 0.157. The van der Waals surface area contributed by atoms with Crippen molar-refractivity contribution in [3.63, 3.8) is 0 Å². The molecule has 34 heavy (non-hydrogen) atoms. The Morgan fingerprint density at radius 1 is 1.00 bits per heavy atom. The number of aromatic nitrogens is 2.